The van der Waals surface area contributed by atoms with Crippen molar-refractivity contribution in [2.24, 2.45) is 5.73 Å². The van der Waals surface area contributed by atoms with Crippen molar-refractivity contribution in [2.75, 3.05) is 25.5 Å². The van der Waals surface area contributed by atoms with Crippen LogP contribution in [0.3, 0.4) is 0 Å². The number of halogens is 1. The fourth-order valence-electron chi connectivity index (χ4n) is 6.04. The van der Waals surface area contributed by atoms with Crippen LogP contribution in [0.4, 0.5) is 14.9 Å². The molecule has 1 fully saturated rings. The van der Waals surface area contributed by atoms with Crippen LogP contribution in [0.15, 0.2) is 88.5 Å². The van der Waals surface area contributed by atoms with Crippen molar-refractivity contribution in [3.63, 3.8) is 0 Å². The Hall–Kier alpha value is -4.46. The number of hydrogen-bond acceptors (Lipinski definition) is 7. The number of likely N-dealkylation sites (tertiary alicyclic amines) is 1. The van der Waals surface area contributed by atoms with Crippen molar-refractivity contribution in [3.8, 4) is 11.5 Å². The normalized spacial score (nSPS) is 18.7. The van der Waals surface area contributed by atoms with Crippen LogP contribution in [-0.4, -0.2) is 67.1 Å². The molecule has 10 nitrogen and oxygen atoms in total. The van der Waals surface area contributed by atoms with Gasteiger partial charge >= 0.3 is 16.1 Å². The van der Waals surface area contributed by atoms with Crippen molar-refractivity contribution in [1.29, 1.82) is 0 Å². The minimum atomic E-state index is -4.01. The van der Waals surface area contributed by atoms with Crippen molar-refractivity contribution >= 4 is 39.1 Å². The summed E-state index contributed by atoms with van der Waals surface area (Å²) in [6.07, 6.45) is 1.55. The number of rotatable bonds is 11. The largest absolute Gasteiger partial charge is 0.508 e. The van der Waals surface area contributed by atoms with E-state index in [2.05, 4.69) is 12.4 Å². The van der Waals surface area contributed by atoms with E-state index in [1.807, 2.05) is 0 Å². The molecule has 0 bridgehead atoms. The summed E-state index contributed by atoms with van der Waals surface area (Å²) in [4.78, 5) is 28.7. The van der Waals surface area contributed by atoms with Gasteiger partial charge in [-0.2, -0.15) is 8.42 Å². The smallest absolute Gasteiger partial charge is 0.348 e. The number of thiophene rings is 1. The van der Waals surface area contributed by atoms with Gasteiger partial charge in [-0.05, 0) is 90.9 Å². The second-order valence-electron chi connectivity index (χ2n) is 12.2. The Bertz CT molecular complexity index is 1810. The number of carbonyl (C=O) groups is 2. The van der Waals surface area contributed by atoms with Gasteiger partial charge in [-0.3, -0.25) is 4.79 Å². The highest BCUT2D eigenvalue weighted by atomic mass is 32.3. The predicted octanol–water partition coefficient (Wildman–Crippen LogP) is 5.41. The third-order valence-corrected chi connectivity index (χ3v) is 11.0. The maximum Gasteiger partial charge on any atom is 0.348 e. The molecule has 0 radical (unpaired) electrons. The fourth-order valence-corrected chi connectivity index (χ4v) is 8.16. The molecule has 5 rings (SSSR count). The number of phenols is 1. The lowest BCUT2D eigenvalue weighted by Crippen LogP contribution is -2.62. The summed E-state index contributed by atoms with van der Waals surface area (Å²) in [7, 11) is -1.93. The average Bonchev–Trinajstić information content (AvgIpc) is 3.47. The molecule has 3 amide bonds. The Labute approximate surface area is 277 Å². The number of phenolic OH excluding ortho intramolecular Hbond substituents is 1. The molecule has 47 heavy (non-hydrogen) atoms. The number of hydrogen-bond donors (Lipinski definition) is 3. The fraction of sp³-hybridized carbons (Fsp3) is 0.294. The van der Waals surface area contributed by atoms with Crippen LogP contribution in [0.1, 0.15) is 29.5 Å². The molecule has 0 aliphatic carbocycles. The van der Waals surface area contributed by atoms with E-state index in [0.717, 1.165) is 35.4 Å². The molecular weight excluding hydrogens is 644 g/mol. The first-order chi connectivity index (χ1) is 22.3. The molecule has 1 saturated heterocycles. The molecule has 248 valence electrons. The number of amides is 3. The number of carbonyl (C=O) groups excluding carboxylic acids is 2. The third kappa shape index (κ3) is 8.67. The molecule has 0 spiro atoms. The number of likely N-dealkylation sites (N-methyl/N-ethyl adjacent to an activating group) is 1. The number of nitrogens with one attached hydrogen (secondary N) is 1. The lowest BCUT2D eigenvalue weighted by atomic mass is 9.96. The lowest BCUT2D eigenvalue weighted by molar-refractivity contribution is -0.928. The monoisotopic (exact) mass is 681 g/mol. The maximum atomic E-state index is 14.1. The van der Waals surface area contributed by atoms with Gasteiger partial charge in [0.2, 0.25) is 5.91 Å². The van der Waals surface area contributed by atoms with Crippen molar-refractivity contribution in [2.45, 2.75) is 49.0 Å². The number of aryl methyl sites for hydroxylation is 1. The second-order valence-corrected chi connectivity index (χ2v) is 14.9. The van der Waals surface area contributed by atoms with E-state index in [1.165, 1.54) is 59.5 Å². The summed E-state index contributed by atoms with van der Waals surface area (Å²) in [6, 6.07) is 18.3. The van der Waals surface area contributed by atoms with Crippen LogP contribution in [0.2, 0.25) is 0 Å². The first kappa shape index (κ1) is 33.9. The minimum Gasteiger partial charge on any atom is -0.508 e. The van der Waals surface area contributed by atoms with E-state index in [0.29, 0.717) is 35.2 Å². The topological polar surface area (TPSA) is 139 Å². The molecule has 13 heteroatoms. The summed E-state index contributed by atoms with van der Waals surface area (Å²) in [6.45, 7) is 3.76. The number of aromatic hydroxyl groups is 1. The Morgan fingerprint density at radius 2 is 1.74 bits per heavy atom. The van der Waals surface area contributed by atoms with Crippen LogP contribution >= 0.6 is 11.3 Å². The first-order valence-electron chi connectivity index (χ1n) is 15.1. The number of anilines is 1. The van der Waals surface area contributed by atoms with Gasteiger partial charge in [-0.1, -0.05) is 24.3 Å². The number of quaternary nitrogens is 1. The zero-order chi connectivity index (χ0) is 33.8. The zero-order valence-corrected chi connectivity index (χ0v) is 27.8. The molecular formula is C34H38FN4O6S2+. The number of benzene rings is 3. The lowest BCUT2D eigenvalue weighted by Gasteiger charge is -2.46. The Morgan fingerprint density at radius 1 is 1.09 bits per heavy atom. The van der Waals surface area contributed by atoms with E-state index in [-0.39, 0.29) is 34.0 Å². The maximum absolute atomic E-state index is 14.1. The molecule has 3 atom stereocenters. The highest BCUT2D eigenvalue weighted by Gasteiger charge is 2.41. The van der Waals surface area contributed by atoms with Gasteiger partial charge < -0.3 is 29.7 Å². The Morgan fingerprint density at radius 3 is 2.36 bits per heavy atom. The van der Waals surface area contributed by atoms with E-state index < -0.39 is 28.1 Å². The van der Waals surface area contributed by atoms with Gasteiger partial charge in [-0.15, -0.1) is 11.3 Å². The molecule has 4 aromatic rings. The SMILES string of the molecule is Cc1csc(S(=O)(=O)Oc2ccc(NC(=O)N([C@H]3CCC[N+](C)(Cc4ccc(F)cc4)C3)[C@@H](Cc3ccc(O)cc3)C(N)=O)cc2)c1. The van der Waals surface area contributed by atoms with Crippen LogP contribution < -0.4 is 15.2 Å². The molecule has 1 aliphatic rings. The molecule has 4 N–H and O–H groups in total. The summed E-state index contributed by atoms with van der Waals surface area (Å²) < 4.78 is 44.9. The quantitative estimate of drug-likeness (QED) is 0.143. The minimum absolute atomic E-state index is 0.0749. The molecule has 1 unspecified atom stereocenters. The molecule has 1 aliphatic heterocycles. The first-order valence-corrected chi connectivity index (χ1v) is 17.4. The van der Waals surface area contributed by atoms with Gasteiger partial charge in [0.25, 0.3) is 0 Å². The molecule has 3 aromatic carbocycles. The van der Waals surface area contributed by atoms with Crippen LogP contribution in [0, 0.1) is 12.7 Å². The number of nitrogens with two attached hydrogens (primary N) is 1. The molecule has 0 saturated carbocycles. The summed E-state index contributed by atoms with van der Waals surface area (Å²) in [5, 5.41) is 14.4. The van der Waals surface area contributed by atoms with E-state index in [4.69, 9.17) is 9.92 Å². The second kappa shape index (κ2) is 14.1. The summed E-state index contributed by atoms with van der Waals surface area (Å²) in [5.41, 5.74) is 8.81. The summed E-state index contributed by atoms with van der Waals surface area (Å²) in [5.74, 6) is -0.836. The average molecular weight is 682 g/mol. The van der Waals surface area contributed by atoms with Crippen molar-refractivity contribution < 1.29 is 36.2 Å². The van der Waals surface area contributed by atoms with Gasteiger partial charge in [0.1, 0.15) is 29.9 Å². The van der Waals surface area contributed by atoms with E-state index >= 15 is 0 Å². The van der Waals surface area contributed by atoms with Crippen molar-refractivity contribution in [3.05, 3.63) is 107 Å². The highest BCUT2D eigenvalue weighted by Crippen LogP contribution is 2.29. The molecule has 1 aromatic heterocycles. The number of nitrogens with zero attached hydrogens (tertiary/aromatic N) is 2. The summed E-state index contributed by atoms with van der Waals surface area (Å²) >= 11 is 1.07. The Balaban J connectivity index is 1.39. The van der Waals surface area contributed by atoms with E-state index in [1.54, 1.807) is 36.6 Å². The zero-order valence-electron chi connectivity index (χ0n) is 26.1. The predicted molar refractivity (Wildman–Crippen MR) is 178 cm³/mol. The van der Waals surface area contributed by atoms with Gasteiger partial charge in [-0.25, -0.2) is 9.18 Å². The van der Waals surface area contributed by atoms with Crippen molar-refractivity contribution in [1.82, 2.24) is 4.90 Å². The number of urea groups is 1. The standard InChI is InChI=1S/C34H37FN4O6S2/c1-23-18-32(46-22-23)47(43,44)45-30-15-11-27(12-16-30)37-34(42)38(31(33(36)41)19-24-7-13-29(40)14-8-24)28-4-3-17-39(2,21-28)20-25-5-9-26(35)10-6-25/h5-16,18,22,28,31H,3-4,17,19-21H2,1-2H3,(H3-,36,37,40,41,42)/p+1/t28-,31-,39?/m0/s1. The van der Waals surface area contributed by atoms with E-state index in [9.17, 15) is 27.5 Å². The van der Waals surface area contributed by atoms with Crippen LogP contribution in [-0.2, 0) is 27.9 Å². The van der Waals surface area contributed by atoms with Gasteiger partial charge in [0.15, 0.2) is 4.21 Å². The van der Waals surface area contributed by atoms with Gasteiger partial charge in [0, 0.05) is 17.7 Å². The molecule has 2 heterocycles. The number of piperidine rings is 1. The van der Waals surface area contributed by atoms with Crippen LogP contribution in [0.25, 0.3) is 0 Å². The van der Waals surface area contributed by atoms with Gasteiger partial charge in [0.05, 0.1) is 26.2 Å². The third-order valence-electron chi connectivity index (χ3n) is 8.29. The number of primary amides is 1. The Kier molecular flexibility index (Phi) is 10.2. The van der Waals surface area contributed by atoms with Crippen LogP contribution in [0.5, 0.6) is 11.5 Å². The highest BCUT2D eigenvalue weighted by molar-refractivity contribution is 7.89.